The molecule has 0 aliphatic carbocycles. The van der Waals surface area contributed by atoms with E-state index >= 15 is 0 Å². The number of sulfonamides is 1. The summed E-state index contributed by atoms with van der Waals surface area (Å²) >= 11 is 11.5. The molecule has 0 saturated heterocycles. The molecule has 0 bridgehead atoms. The minimum atomic E-state index is -3.82. The fourth-order valence-electron chi connectivity index (χ4n) is 1.32. The van der Waals surface area contributed by atoms with Crippen molar-refractivity contribution >= 4 is 44.7 Å². The number of nitrogens with zero attached hydrogens (tertiary/aromatic N) is 1. The van der Waals surface area contributed by atoms with E-state index in [2.05, 4.69) is 14.9 Å². The van der Waals surface area contributed by atoms with E-state index in [-0.39, 0.29) is 16.4 Å². The predicted molar refractivity (Wildman–Crippen MR) is 70.3 cm³/mol. The molecule has 9 heteroatoms. The Morgan fingerprint density at radius 2 is 1.83 bits per heavy atom. The molecule has 4 N–H and O–H groups in total. The van der Waals surface area contributed by atoms with E-state index in [0.717, 1.165) is 6.20 Å². The van der Waals surface area contributed by atoms with Crippen LogP contribution < -0.4 is 10.5 Å². The van der Waals surface area contributed by atoms with Crippen molar-refractivity contribution in [2.24, 2.45) is 0 Å². The van der Waals surface area contributed by atoms with Gasteiger partial charge in [-0.05, 0) is 18.2 Å². The Labute approximate surface area is 113 Å². The second-order valence-corrected chi connectivity index (χ2v) is 5.94. The molecule has 0 aliphatic heterocycles. The van der Waals surface area contributed by atoms with Gasteiger partial charge in [-0.25, -0.2) is 8.42 Å². The average Bonchev–Trinajstić information content (AvgIpc) is 2.62. The molecule has 96 valence electrons. The zero-order valence-electron chi connectivity index (χ0n) is 8.81. The highest BCUT2D eigenvalue weighted by Crippen LogP contribution is 2.25. The first-order valence-corrected chi connectivity index (χ1v) is 6.90. The average molecular weight is 307 g/mol. The molecule has 0 atom stereocenters. The van der Waals surface area contributed by atoms with Crippen molar-refractivity contribution in [2.45, 2.75) is 4.90 Å². The number of hydrogen-bond acceptors (Lipinski definition) is 4. The van der Waals surface area contributed by atoms with Crippen LogP contribution in [0, 0.1) is 0 Å². The van der Waals surface area contributed by atoms with E-state index in [1.807, 2.05) is 0 Å². The quantitative estimate of drug-likeness (QED) is 0.808. The van der Waals surface area contributed by atoms with Crippen molar-refractivity contribution in [3.63, 3.8) is 0 Å². The number of anilines is 2. The molecule has 0 unspecified atom stereocenters. The van der Waals surface area contributed by atoms with Crippen molar-refractivity contribution in [1.29, 1.82) is 0 Å². The van der Waals surface area contributed by atoms with E-state index in [9.17, 15) is 8.42 Å². The van der Waals surface area contributed by atoms with E-state index in [4.69, 9.17) is 28.9 Å². The summed E-state index contributed by atoms with van der Waals surface area (Å²) in [4.78, 5) is -0.140. The summed E-state index contributed by atoms with van der Waals surface area (Å²) < 4.78 is 26.2. The third-order valence-corrected chi connectivity index (χ3v) is 3.88. The zero-order chi connectivity index (χ0) is 13.3. The summed E-state index contributed by atoms with van der Waals surface area (Å²) in [6.07, 6.45) is 1.11. The van der Waals surface area contributed by atoms with Crippen molar-refractivity contribution in [3.05, 3.63) is 34.4 Å². The first-order chi connectivity index (χ1) is 8.38. The molecule has 0 spiro atoms. The molecule has 2 rings (SSSR count). The van der Waals surface area contributed by atoms with Gasteiger partial charge >= 0.3 is 0 Å². The normalized spacial score (nSPS) is 11.4. The number of rotatable bonds is 3. The molecule has 0 amide bonds. The highest BCUT2D eigenvalue weighted by molar-refractivity contribution is 7.92. The zero-order valence-corrected chi connectivity index (χ0v) is 11.1. The van der Waals surface area contributed by atoms with Crippen LogP contribution >= 0.6 is 23.2 Å². The number of hydrogen-bond donors (Lipinski definition) is 3. The van der Waals surface area contributed by atoms with Crippen molar-refractivity contribution in [1.82, 2.24) is 10.2 Å². The van der Waals surface area contributed by atoms with Gasteiger partial charge in [0.25, 0.3) is 10.0 Å². The van der Waals surface area contributed by atoms with Crippen LogP contribution in [0.2, 0.25) is 10.0 Å². The number of nitrogens with one attached hydrogen (secondary N) is 2. The van der Waals surface area contributed by atoms with E-state index < -0.39 is 10.0 Å². The summed E-state index contributed by atoms with van der Waals surface area (Å²) in [5.74, 6) is -0.0457. The molecule has 1 heterocycles. The maximum atomic E-state index is 12.0. The Morgan fingerprint density at radius 1 is 1.22 bits per heavy atom. The summed E-state index contributed by atoms with van der Waals surface area (Å²) in [6.45, 7) is 0. The Kier molecular flexibility index (Phi) is 3.38. The first-order valence-electron chi connectivity index (χ1n) is 4.66. The topological polar surface area (TPSA) is 101 Å². The number of H-pyrrole nitrogens is 1. The Morgan fingerprint density at radius 3 is 2.33 bits per heavy atom. The highest BCUT2D eigenvalue weighted by Gasteiger charge is 2.19. The number of nitrogen functional groups attached to an aromatic ring is 1. The van der Waals surface area contributed by atoms with Gasteiger partial charge in [0, 0.05) is 10.0 Å². The van der Waals surface area contributed by atoms with Crippen molar-refractivity contribution < 1.29 is 8.42 Å². The van der Waals surface area contributed by atoms with Crippen LogP contribution in [0.4, 0.5) is 11.5 Å². The molecule has 2 aromatic rings. The van der Waals surface area contributed by atoms with Crippen LogP contribution in [0.25, 0.3) is 0 Å². The molecule has 0 radical (unpaired) electrons. The molecule has 1 aromatic carbocycles. The molecule has 1 aromatic heterocycles. The maximum absolute atomic E-state index is 12.0. The second-order valence-electron chi connectivity index (χ2n) is 3.41. The third-order valence-electron chi connectivity index (χ3n) is 2.04. The summed E-state index contributed by atoms with van der Waals surface area (Å²) in [5.41, 5.74) is 5.69. The molecule has 0 saturated carbocycles. The smallest absolute Gasteiger partial charge is 0.267 e. The van der Waals surface area contributed by atoms with Crippen LogP contribution in [0.3, 0.4) is 0 Å². The number of aromatic amines is 1. The van der Waals surface area contributed by atoms with Crippen molar-refractivity contribution in [2.75, 3.05) is 10.5 Å². The Balaban J connectivity index is 2.37. The fourth-order valence-corrected chi connectivity index (χ4v) is 2.91. The van der Waals surface area contributed by atoms with Gasteiger partial charge in [0.1, 0.15) is 10.7 Å². The first kappa shape index (κ1) is 13.0. The highest BCUT2D eigenvalue weighted by atomic mass is 35.5. The van der Waals surface area contributed by atoms with E-state index in [1.165, 1.54) is 18.2 Å². The third kappa shape index (κ3) is 2.69. The lowest BCUT2D eigenvalue weighted by molar-refractivity contribution is 0.601. The molecule has 18 heavy (non-hydrogen) atoms. The van der Waals surface area contributed by atoms with Gasteiger partial charge < -0.3 is 5.73 Å². The number of aromatic nitrogens is 2. The number of nitrogens with two attached hydrogens (primary N) is 1. The Bertz CT molecular complexity index is 663. The lowest BCUT2D eigenvalue weighted by atomic mass is 10.3. The van der Waals surface area contributed by atoms with Gasteiger partial charge in [-0.2, -0.15) is 5.10 Å². The van der Waals surface area contributed by atoms with Crippen LogP contribution in [-0.4, -0.2) is 18.6 Å². The van der Waals surface area contributed by atoms with Crippen LogP contribution in [-0.2, 0) is 10.0 Å². The summed E-state index contributed by atoms with van der Waals surface area (Å²) in [5, 5.41) is 6.52. The molecule has 6 nitrogen and oxygen atoms in total. The van der Waals surface area contributed by atoms with Crippen LogP contribution in [0.1, 0.15) is 0 Å². The standard InChI is InChI=1S/C9H8Cl2N4O2S/c10-5-1-6(11)3-7(2-5)15-18(16,17)8-4-13-14-9(8)12/h1-4,15H,(H3,12,13,14). The second kappa shape index (κ2) is 4.68. The lowest BCUT2D eigenvalue weighted by Gasteiger charge is -2.07. The number of halogens is 2. The fraction of sp³-hybridized carbons (Fsp3) is 0. The van der Waals surface area contributed by atoms with Gasteiger partial charge in [0.05, 0.1) is 11.9 Å². The lowest BCUT2D eigenvalue weighted by Crippen LogP contribution is -2.13. The molecular weight excluding hydrogens is 299 g/mol. The number of benzene rings is 1. The van der Waals surface area contributed by atoms with Crippen molar-refractivity contribution in [3.8, 4) is 0 Å². The van der Waals surface area contributed by atoms with Gasteiger partial charge in [0.15, 0.2) is 0 Å². The van der Waals surface area contributed by atoms with E-state index in [0.29, 0.717) is 10.0 Å². The SMILES string of the molecule is Nc1[nH]ncc1S(=O)(=O)Nc1cc(Cl)cc(Cl)c1. The summed E-state index contributed by atoms with van der Waals surface area (Å²) in [6, 6.07) is 4.36. The Hall–Kier alpha value is -1.44. The minimum Gasteiger partial charge on any atom is -0.383 e. The van der Waals surface area contributed by atoms with Gasteiger partial charge in [-0.15, -0.1) is 0 Å². The van der Waals surface area contributed by atoms with Gasteiger partial charge in [-0.3, -0.25) is 9.82 Å². The maximum Gasteiger partial charge on any atom is 0.267 e. The van der Waals surface area contributed by atoms with Crippen LogP contribution in [0.15, 0.2) is 29.3 Å². The van der Waals surface area contributed by atoms with E-state index in [1.54, 1.807) is 0 Å². The monoisotopic (exact) mass is 306 g/mol. The molecule has 0 aliphatic rings. The van der Waals surface area contributed by atoms with Crippen LogP contribution in [0.5, 0.6) is 0 Å². The molecule has 0 fully saturated rings. The summed E-state index contributed by atoms with van der Waals surface area (Å²) in [7, 11) is -3.82. The van der Waals surface area contributed by atoms with Gasteiger partial charge in [-0.1, -0.05) is 23.2 Å². The molecular formula is C9H8Cl2N4O2S. The minimum absolute atomic E-state index is 0.0457. The predicted octanol–water partition coefficient (Wildman–Crippen LogP) is 2.10. The van der Waals surface area contributed by atoms with Gasteiger partial charge in [0.2, 0.25) is 0 Å². The largest absolute Gasteiger partial charge is 0.383 e.